The molecule has 1 aliphatic carbocycles. The van der Waals surface area contributed by atoms with Crippen molar-refractivity contribution >= 4 is 66.5 Å². The van der Waals surface area contributed by atoms with Gasteiger partial charge in [-0.05, 0) is 107 Å². The van der Waals surface area contributed by atoms with Crippen LogP contribution in [0.15, 0.2) is 185 Å². The van der Waals surface area contributed by atoms with Crippen molar-refractivity contribution in [1.29, 1.82) is 0 Å². The Labute approximate surface area is 300 Å². The molecule has 11 rings (SSSR count). The Morgan fingerprint density at radius 3 is 2.06 bits per heavy atom. The van der Waals surface area contributed by atoms with Crippen molar-refractivity contribution in [1.82, 2.24) is 0 Å². The first-order valence-electron chi connectivity index (χ1n) is 17.7. The number of rotatable bonds is 5. The zero-order chi connectivity index (χ0) is 34.2. The topological polar surface area (TPSA) is 38.8 Å². The third-order valence-electron chi connectivity index (χ3n) is 10.6. The molecule has 0 spiro atoms. The van der Waals surface area contributed by atoms with Crippen LogP contribution in [0.4, 0.5) is 17.1 Å². The maximum Gasteiger partial charge on any atom is 0.136 e. The van der Waals surface area contributed by atoms with E-state index in [2.05, 4.69) is 175 Å². The molecule has 7 aromatic carbocycles. The smallest absolute Gasteiger partial charge is 0.136 e. The van der Waals surface area contributed by atoms with Crippen molar-refractivity contribution in [3.8, 4) is 16.9 Å². The first-order chi connectivity index (χ1) is 25.8. The molecule has 0 bridgehead atoms. The molecule has 0 saturated carbocycles. The predicted octanol–water partition coefficient (Wildman–Crippen LogP) is 13.1. The van der Waals surface area contributed by atoms with Crippen molar-refractivity contribution in [2.75, 3.05) is 4.90 Å². The molecule has 0 saturated heterocycles. The summed E-state index contributed by atoms with van der Waals surface area (Å²) in [5.41, 5.74) is 12.6. The number of nitrogens with zero attached hydrogens (tertiary/aromatic N) is 1. The molecule has 52 heavy (non-hydrogen) atoms. The zero-order valence-electron chi connectivity index (χ0n) is 28.1. The summed E-state index contributed by atoms with van der Waals surface area (Å²) < 4.78 is 19.3. The van der Waals surface area contributed by atoms with Gasteiger partial charge in [0.2, 0.25) is 0 Å². The van der Waals surface area contributed by atoms with Crippen LogP contribution < -0.4 is 9.64 Å². The molecule has 0 radical (unpaired) electrons. The maximum absolute atomic E-state index is 6.52. The maximum atomic E-state index is 6.52. The Morgan fingerprint density at radius 2 is 1.21 bits per heavy atom. The van der Waals surface area contributed by atoms with Crippen LogP contribution >= 0.6 is 0 Å². The lowest BCUT2D eigenvalue weighted by atomic mass is 9.81. The van der Waals surface area contributed by atoms with E-state index in [0.29, 0.717) is 0 Å². The molecule has 0 fully saturated rings. The van der Waals surface area contributed by atoms with Crippen molar-refractivity contribution in [2.24, 2.45) is 0 Å². The van der Waals surface area contributed by atoms with Gasteiger partial charge in [-0.15, -0.1) is 0 Å². The number of anilines is 3. The van der Waals surface area contributed by atoms with Crippen molar-refractivity contribution in [2.45, 2.75) is 12.0 Å². The molecule has 4 nitrogen and oxygen atoms in total. The van der Waals surface area contributed by atoms with E-state index in [1.54, 1.807) is 0 Å². The fourth-order valence-electron chi connectivity index (χ4n) is 8.30. The lowest BCUT2D eigenvalue weighted by Gasteiger charge is -2.25. The highest BCUT2D eigenvalue weighted by atomic mass is 16.5. The van der Waals surface area contributed by atoms with E-state index in [1.807, 2.05) is 6.07 Å². The van der Waals surface area contributed by atoms with Crippen LogP contribution in [0.3, 0.4) is 0 Å². The third kappa shape index (κ3) is 4.47. The summed E-state index contributed by atoms with van der Waals surface area (Å²) in [7, 11) is 0. The second-order valence-electron chi connectivity index (χ2n) is 13.6. The second-order valence-corrected chi connectivity index (χ2v) is 13.6. The van der Waals surface area contributed by atoms with E-state index < -0.39 is 0 Å². The minimum absolute atomic E-state index is 0.00358. The normalized spacial score (nSPS) is 16.3. The Kier molecular flexibility index (Phi) is 6.34. The Balaban J connectivity index is 1.02. The number of fused-ring (bicyclic) bond motifs is 9. The number of hydrogen-bond donors (Lipinski definition) is 0. The Hall–Kier alpha value is -6.78. The highest BCUT2D eigenvalue weighted by Crippen LogP contribution is 2.49. The van der Waals surface area contributed by atoms with E-state index in [0.717, 1.165) is 83.4 Å². The summed E-state index contributed by atoms with van der Waals surface area (Å²) >= 11 is 0. The molecule has 2 unspecified atom stereocenters. The molecule has 1 aliphatic heterocycles. The highest BCUT2D eigenvalue weighted by molar-refractivity contribution is 6.15. The van der Waals surface area contributed by atoms with Gasteiger partial charge >= 0.3 is 0 Å². The minimum atomic E-state index is 0.00358. The summed E-state index contributed by atoms with van der Waals surface area (Å²) in [6.45, 7) is 0. The van der Waals surface area contributed by atoms with Crippen molar-refractivity contribution in [3.05, 3.63) is 187 Å². The second kappa shape index (κ2) is 11.4. The van der Waals surface area contributed by atoms with E-state index in [-0.39, 0.29) is 12.0 Å². The molecule has 9 aromatic rings. The van der Waals surface area contributed by atoms with Gasteiger partial charge in [0.15, 0.2) is 0 Å². The highest BCUT2D eigenvalue weighted by Gasteiger charge is 2.37. The standard InChI is InChI=1S/C48H31NO3/c1-3-11-32(12-4-1)49(33-13-5-2-6-14-33)34-23-26-43-40(29-34)48-35(16-9-20-45(48)51-43)30-22-25-42-39(27-30)37-24-21-31(28-46(37)52-42)36-17-10-19-44-47(36)38-15-7-8-18-41(38)50-44/h1-29,44,47H. The summed E-state index contributed by atoms with van der Waals surface area (Å²) in [4.78, 5) is 2.29. The monoisotopic (exact) mass is 669 g/mol. The van der Waals surface area contributed by atoms with E-state index >= 15 is 0 Å². The van der Waals surface area contributed by atoms with Gasteiger partial charge in [0.25, 0.3) is 0 Å². The Bertz CT molecular complexity index is 2860. The Morgan fingerprint density at radius 1 is 0.481 bits per heavy atom. The molecule has 2 aliphatic rings. The number of allylic oxidation sites excluding steroid dienone is 2. The van der Waals surface area contributed by atoms with Gasteiger partial charge in [0, 0.05) is 44.2 Å². The van der Waals surface area contributed by atoms with E-state index in [9.17, 15) is 0 Å². The van der Waals surface area contributed by atoms with Crippen LogP contribution in [0, 0.1) is 0 Å². The molecule has 4 heteroatoms. The molecule has 2 atom stereocenters. The molecule has 2 aromatic heterocycles. The predicted molar refractivity (Wildman–Crippen MR) is 212 cm³/mol. The summed E-state index contributed by atoms with van der Waals surface area (Å²) in [5.74, 6) is 1.13. The lowest BCUT2D eigenvalue weighted by molar-refractivity contribution is 0.271. The van der Waals surface area contributed by atoms with Crippen LogP contribution in [-0.4, -0.2) is 6.10 Å². The van der Waals surface area contributed by atoms with Crippen LogP contribution in [0.2, 0.25) is 0 Å². The zero-order valence-corrected chi connectivity index (χ0v) is 28.1. The quantitative estimate of drug-likeness (QED) is 0.183. The molecular formula is C48H31NO3. The van der Waals surface area contributed by atoms with Gasteiger partial charge in [-0.2, -0.15) is 0 Å². The van der Waals surface area contributed by atoms with Gasteiger partial charge in [-0.1, -0.05) is 91.0 Å². The van der Waals surface area contributed by atoms with Crippen molar-refractivity contribution in [3.63, 3.8) is 0 Å². The number of furan rings is 2. The van der Waals surface area contributed by atoms with Gasteiger partial charge in [0.1, 0.15) is 34.2 Å². The van der Waals surface area contributed by atoms with Crippen LogP contribution in [0.5, 0.6) is 5.75 Å². The first kappa shape index (κ1) is 29.0. The number of para-hydroxylation sites is 3. The largest absolute Gasteiger partial charge is 0.485 e. The molecule has 3 heterocycles. The van der Waals surface area contributed by atoms with E-state index in [4.69, 9.17) is 13.6 Å². The van der Waals surface area contributed by atoms with Crippen LogP contribution in [0.25, 0.3) is 60.6 Å². The van der Waals surface area contributed by atoms with Gasteiger partial charge in [-0.25, -0.2) is 0 Å². The average Bonchev–Trinajstić information content (AvgIpc) is 3.89. The third-order valence-corrected chi connectivity index (χ3v) is 10.6. The van der Waals surface area contributed by atoms with Crippen LogP contribution in [-0.2, 0) is 0 Å². The molecule has 0 amide bonds. The van der Waals surface area contributed by atoms with Crippen LogP contribution in [0.1, 0.15) is 17.0 Å². The molecule has 0 N–H and O–H groups in total. The van der Waals surface area contributed by atoms with E-state index in [1.165, 1.54) is 11.1 Å². The van der Waals surface area contributed by atoms with Gasteiger partial charge < -0.3 is 18.5 Å². The van der Waals surface area contributed by atoms with Gasteiger partial charge in [0.05, 0.1) is 5.92 Å². The lowest BCUT2D eigenvalue weighted by Crippen LogP contribution is -2.19. The first-order valence-corrected chi connectivity index (χ1v) is 17.7. The summed E-state index contributed by atoms with van der Waals surface area (Å²) in [6, 6.07) is 55.3. The van der Waals surface area contributed by atoms with Crippen molar-refractivity contribution < 1.29 is 13.6 Å². The number of hydrogen-bond acceptors (Lipinski definition) is 4. The average molecular weight is 670 g/mol. The van der Waals surface area contributed by atoms with Gasteiger partial charge in [-0.3, -0.25) is 0 Å². The number of ether oxygens (including phenoxy) is 1. The molecule has 246 valence electrons. The number of benzene rings is 7. The minimum Gasteiger partial charge on any atom is -0.485 e. The fourth-order valence-corrected chi connectivity index (χ4v) is 8.30. The SMILES string of the molecule is C1=CC2Oc3ccccc3C2C(c2ccc3c(c2)oc2ccc(-c4cccc5oc6ccc(N(c7ccccc7)c7ccccc7)cc6c45)cc23)=C1. The fraction of sp³-hybridized carbons (Fsp3) is 0.0417. The molecular weight excluding hydrogens is 639 g/mol. The summed E-state index contributed by atoms with van der Waals surface area (Å²) in [5, 5.41) is 4.36. The summed E-state index contributed by atoms with van der Waals surface area (Å²) in [6.07, 6.45) is 6.49.